The van der Waals surface area contributed by atoms with Crippen LogP contribution in [0.25, 0.3) is 0 Å². The summed E-state index contributed by atoms with van der Waals surface area (Å²) in [6, 6.07) is 9.56. The molecule has 0 fully saturated rings. The van der Waals surface area contributed by atoms with Crippen LogP contribution in [-0.4, -0.2) is 13.0 Å². The van der Waals surface area contributed by atoms with Crippen molar-refractivity contribution in [2.24, 2.45) is 5.84 Å². The number of aryl methyl sites for hydroxylation is 1. The van der Waals surface area contributed by atoms with Crippen molar-refractivity contribution in [2.75, 3.05) is 7.11 Å². The fourth-order valence-electron chi connectivity index (χ4n) is 1.90. The van der Waals surface area contributed by atoms with Crippen LogP contribution in [0.1, 0.15) is 25.7 Å². The number of hydrogen-bond acceptors (Lipinski definition) is 5. The van der Waals surface area contributed by atoms with Gasteiger partial charge in [-0.15, -0.1) is 11.3 Å². The van der Waals surface area contributed by atoms with Gasteiger partial charge in [0.15, 0.2) is 0 Å². The van der Waals surface area contributed by atoms with E-state index in [1.165, 1.54) is 11.3 Å². The quantitative estimate of drug-likeness (QED) is 0.488. The lowest BCUT2D eigenvalue weighted by molar-refractivity contribution is 0.0957. The maximum absolute atomic E-state index is 11.5. The lowest BCUT2D eigenvalue weighted by Gasteiger charge is -2.07. The minimum Gasteiger partial charge on any atom is -0.489 e. The predicted molar refractivity (Wildman–Crippen MR) is 82.2 cm³/mol. The van der Waals surface area contributed by atoms with E-state index in [4.69, 9.17) is 15.3 Å². The summed E-state index contributed by atoms with van der Waals surface area (Å²) < 4.78 is 10.9. The Hall–Kier alpha value is -1.89. The monoisotopic (exact) mass is 306 g/mol. The molecule has 0 saturated heterocycles. The van der Waals surface area contributed by atoms with Gasteiger partial charge < -0.3 is 9.47 Å². The summed E-state index contributed by atoms with van der Waals surface area (Å²) in [5.41, 5.74) is 4.17. The third-order valence-electron chi connectivity index (χ3n) is 2.98. The van der Waals surface area contributed by atoms with Crippen molar-refractivity contribution in [2.45, 2.75) is 20.1 Å². The average Bonchev–Trinajstić information content (AvgIpc) is 2.86. The Kier molecular flexibility index (Phi) is 5.32. The molecule has 1 aromatic carbocycles. The van der Waals surface area contributed by atoms with E-state index in [1.807, 2.05) is 31.2 Å². The molecule has 2 rings (SSSR count). The van der Waals surface area contributed by atoms with E-state index in [0.29, 0.717) is 18.1 Å². The first-order valence-electron chi connectivity index (χ1n) is 6.45. The Morgan fingerprint density at radius 2 is 2.14 bits per heavy atom. The molecule has 6 heteroatoms. The fraction of sp³-hybridized carbons (Fsp3) is 0.267. The van der Waals surface area contributed by atoms with Crippen molar-refractivity contribution in [3.63, 3.8) is 0 Å². The molecule has 0 bridgehead atoms. The third kappa shape index (κ3) is 4.04. The molecule has 0 saturated carbocycles. The van der Waals surface area contributed by atoms with E-state index in [2.05, 4.69) is 5.43 Å². The van der Waals surface area contributed by atoms with E-state index >= 15 is 0 Å². The van der Waals surface area contributed by atoms with Crippen LogP contribution in [0.5, 0.6) is 5.75 Å². The fourth-order valence-corrected chi connectivity index (χ4v) is 2.83. The van der Waals surface area contributed by atoms with Crippen LogP contribution in [0.15, 0.2) is 30.3 Å². The summed E-state index contributed by atoms with van der Waals surface area (Å²) in [6.07, 6.45) is 0. The van der Waals surface area contributed by atoms with Crippen LogP contribution < -0.4 is 16.0 Å². The number of nitrogens with two attached hydrogens (primary N) is 1. The number of nitrogens with one attached hydrogen (secondary N) is 1. The first kappa shape index (κ1) is 15.5. The van der Waals surface area contributed by atoms with Gasteiger partial charge in [0.2, 0.25) is 0 Å². The van der Waals surface area contributed by atoms with E-state index < -0.39 is 0 Å². The summed E-state index contributed by atoms with van der Waals surface area (Å²) >= 11 is 1.40. The van der Waals surface area contributed by atoms with Crippen LogP contribution in [0.4, 0.5) is 0 Å². The Morgan fingerprint density at radius 1 is 1.33 bits per heavy atom. The van der Waals surface area contributed by atoms with Gasteiger partial charge >= 0.3 is 0 Å². The molecule has 112 valence electrons. The van der Waals surface area contributed by atoms with Gasteiger partial charge in [0.05, 0.1) is 11.5 Å². The minimum atomic E-state index is -0.281. The molecule has 0 aliphatic carbocycles. The molecule has 0 aliphatic rings. The second-order valence-corrected chi connectivity index (χ2v) is 5.79. The zero-order chi connectivity index (χ0) is 15.2. The van der Waals surface area contributed by atoms with Crippen molar-refractivity contribution in [3.05, 3.63) is 51.2 Å². The lowest BCUT2D eigenvalue weighted by atomic mass is 10.2. The third-order valence-corrected chi connectivity index (χ3v) is 4.07. The van der Waals surface area contributed by atoms with Crippen LogP contribution in [-0.2, 0) is 18.0 Å². The lowest BCUT2D eigenvalue weighted by Crippen LogP contribution is -2.29. The molecule has 1 heterocycles. The second kappa shape index (κ2) is 7.21. The summed E-state index contributed by atoms with van der Waals surface area (Å²) in [5, 5.41) is 0. The van der Waals surface area contributed by atoms with Crippen molar-refractivity contribution in [1.82, 2.24) is 5.43 Å². The number of thiophene rings is 1. The van der Waals surface area contributed by atoms with Gasteiger partial charge in [-0.1, -0.05) is 12.1 Å². The molecule has 21 heavy (non-hydrogen) atoms. The molecule has 5 nitrogen and oxygen atoms in total. The average molecular weight is 306 g/mol. The van der Waals surface area contributed by atoms with Crippen LogP contribution >= 0.6 is 11.3 Å². The molecule has 2 aromatic rings. The minimum absolute atomic E-state index is 0.281. The highest BCUT2D eigenvalue weighted by Crippen LogP contribution is 2.23. The van der Waals surface area contributed by atoms with Gasteiger partial charge in [-0.3, -0.25) is 10.2 Å². The molecule has 0 unspecified atom stereocenters. The number of methoxy groups -OCH3 is 1. The van der Waals surface area contributed by atoms with Crippen molar-refractivity contribution >= 4 is 17.2 Å². The van der Waals surface area contributed by atoms with Crippen LogP contribution in [0.2, 0.25) is 0 Å². The van der Waals surface area contributed by atoms with E-state index in [-0.39, 0.29) is 5.91 Å². The number of rotatable bonds is 6. The van der Waals surface area contributed by atoms with Gasteiger partial charge in [-0.2, -0.15) is 0 Å². The van der Waals surface area contributed by atoms with Gasteiger partial charge in [-0.25, -0.2) is 5.84 Å². The van der Waals surface area contributed by atoms with Gasteiger partial charge in [0.25, 0.3) is 5.91 Å². The first-order valence-corrected chi connectivity index (χ1v) is 7.26. The zero-order valence-electron chi connectivity index (χ0n) is 12.0. The maximum atomic E-state index is 11.5. The number of benzene rings is 1. The molecule has 1 aromatic heterocycles. The highest BCUT2D eigenvalue weighted by Gasteiger charge is 2.11. The molecule has 0 atom stereocenters. The second-order valence-electron chi connectivity index (χ2n) is 4.53. The smallest absolute Gasteiger partial charge is 0.275 e. The molecule has 1 amide bonds. The van der Waals surface area contributed by atoms with Gasteiger partial charge in [0, 0.05) is 17.6 Å². The molecule has 3 N–H and O–H groups in total. The van der Waals surface area contributed by atoms with Crippen LogP contribution in [0, 0.1) is 6.92 Å². The standard InChI is InChI=1S/C15H18N2O3S/c1-10-12(7-14(21-10)15(18)17-16)9-20-13-5-3-4-11(6-13)8-19-2/h3-7H,8-9,16H2,1-2H3,(H,17,18). The highest BCUT2D eigenvalue weighted by atomic mass is 32.1. The maximum Gasteiger partial charge on any atom is 0.275 e. The van der Waals surface area contributed by atoms with Crippen molar-refractivity contribution in [1.29, 1.82) is 0 Å². The Bertz CT molecular complexity index is 625. The van der Waals surface area contributed by atoms with E-state index in [1.54, 1.807) is 13.2 Å². The molecule has 0 spiro atoms. The number of hydrazine groups is 1. The number of carbonyl (C=O) groups excluding carboxylic acids is 1. The Labute approximate surface area is 127 Å². The molecule has 0 radical (unpaired) electrons. The van der Waals surface area contributed by atoms with Crippen LogP contribution in [0.3, 0.4) is 0 Å². The van der Waals surface area contributed by atoms with Crippen molar-refractivity contribution < 1.29 is 14.3 Å². The summed E-state index contributed by atoms with van der Waals surface area (Å²) in [5.74, 6) is 5.63. The largest absolute Gasteiger partial charge is 0.489 e. The van der Waals surface area contributed by atoms with Gasteiger partial charge in [-0.05, 0) is 30.7 Å². The SMILES string of the molecule is COCc1cccc(OCc2cc(C(=O)NN)sc2C)c1. The molecular formula is C15H18N2O3S. The topological polar surface area (TPSA) is 73.6 Å². The summed E-state index contributed by atoms with van der Waals surface area (Å²) in [4.78, 5) is 13.1. The molecule has 0 aliphatic heterocycles. The van der Waals surface area contributed by atoms with Gasteiger partial charge in [0.1, 0.15) is 12.4 Å². The number of ether oxygens (including phenoxy) is 2. The van der Waals surface area contributed by atoms with E-state index in [0.717, 1.165) is 21.8 Å². The van der Waals surface area contributed by atoms with E-state index in [9.17, 15) is 4.79 Å². The number of carbonyl (C=O) groups is 1. The predicted octanol–water partition coefficient (Wildman–Crippen LogP) is 2.39. The summed E-state index contributed by atoms with van der Waals surface area (Å²) in [7, 11) is 1.66. The number of hydrogen-bond donors (Lipinski definition) is 2. The first-order chi connectivity index (χ1) is 10.1. The normalized spacial score (nSPS) is 10.4. The highest BCUT2D eigenvalue weighted by molar-refractivity contribution is 7.14. The Morgan fingerprint density at radius 3 is 2.86 bits per heavy atom. The number of amides is 1. The summed E-state index contributed by atoms with van der Waals surface area (Å²) in [6.45, 7) is 2.92. The molecular weight excluding hydrogens is 288 g/mol. The number of nitrogen functional groups attached to an aromatic ring is 1. The zero-order valence-corrected chi connectivity index (χ0v) is 12.8. The van der Waals surface area contributed by atoms with Crippen molar-refractivity contribution in [3.8, 4) is 5.75 Å². The Balaban J connectivity index is 2.04.